The van der Waals surface area contributed by atoms with Gasteiger partial charge in [0.2, 0.25) is 5.91 Å². The smallest absolute Gasteiger partial charge is 0.315 e. The molecule has 0 aliphatic rings. The van der Waals surface area contributed by atoms with E-state index in [1.807, 2.05) is 13.8 Å². The molecule has 7 heteroatoms. The molecule has 1 rings (SSSR count). The van der Waals surface area contributed by atoms with Crippen molar-refractivity contribution in [3.8, 4) is 0 Å². The van der Waals surface area contributed by atoms with Crippen LogP contribution >= 0.6 is 11.6 Å². The number of carbonyl (C=O) groups is 2. The minimum absolute atomic E-state index is 0.0836. The Hall–Kier alpha value is -1.82. The van der Waals surface area contributed by atoms with Crippen LogP contribution in [-0.4, -0.2) is 29.0 Å². The summed E-state index contributed by atoms with van der Waals surface area (Å²) in [6.07, 6.45) is 1.84. The molecule has 1 aromatic rings. The van der Waals surface area contributed by atoms with Gasteiger partial charge in [-0.1, -0.05) is 17.7 Å². The fourth-order valence-electron chi connectivity index (χ4n) is 1.68. The summed E-state index contributed by atoms with van der Waals surface area (Å²) in [7, 11) is 0. The van der Waals surface area contributed by atoms with Gasteiger partial charge in [-0.3, -0.25) is 4.79 Å². The van der Waals surface area contributed by atoms with Crippen molar-refractivity contribution in [1.82, 2.24) is 20.9 Å². The lowest BCUT2D eigenvalue weighted by atomic mass is 10.2. The van der Waals surface area contributed by atoms with E-state index in [0.29, 0.717) is 11.7 Å². The minimum atomic E-state index is -0.324. The maximum atomic E-state index is 11.7. The van der Waals surface area contributed by atoms with E-state index in [0.717, 1.165) is 5.56 Å². The number of halogens is 1. The molecule has 0 aliphatic heterocycles. The zero-order valence-corrected chi connectivity index (χ0v) is 13.2. The Morgan fingerprint density at radius 1 is 1.24 bits per heavy atom. The lowest BCUT2D eigenvalue weighted by Crippen LogP contribution is -2.43. The maximum Gasteiger partial charge on any atom is 0.315 e. The van der Waals surface area contributed by atoms with Gasteiger partial charge in [0.25, 0.3) is 0 Å². The van der Waals surface area contributed by atoms with E-state index in [-0.39, 0.29) is 30.4 Å². The van der Waals surface area contributed by atoms with Crippen molar-refractivity contribution in [2.75, 3.05) is 0 Å². The molecule has 116 valence electrons. The predicted octanol–water partition coefficient (Wildman–Crippen LogP) is 1.84. The molecule has 0 spiro atoms. The monoisotopic (exact) mass is 312 g/mol. The molecule has 0 fully saturated rings. The summed E-state index contributed by atoms with van der Waals surface area (Å²) in [5.74, 6) is -0.0836. The van der Waals surface area contributed by atoms with E-state index in [1.54, 1.807) is 25.3 Å². The van der Waals surface area contributed by atoms with Gasteiger partial charge in [0.05, 0.1) is 0 Å². The highest BCUT2D eigenvalue weighted by Gasteiger charge is 2.12. The van der Waals surface area contributed by atoms with Crippen LogP contribution in [0.3, 0.4) is 0 Å². The third kappa shape index (κ3) is 7.51. The van der Waals surface area contributed by atoms with Crippen molar-refractivity contribution in [1.29, 1.82) is 0 Å². The summed E-state index contributed by atoms with van der Waals surface area (Å²) in [6, 6.07) is 2.97. The SMILES string of the molecule is CC(C)NC(=O)CC(C)NC(=O)NCc1ccc(Cl)nc1. The van der Waals surface area contributed by atoms with Crippen LogP contribution in [0.25, 0.3) is 0 Å². The molecule has 1 heterocycles. The zero-order valence-electron chi connectivity index (χ0n) is 12.4. The Morgan fingerprint density at radius 2 is 1.95 bits per heavy atom. The number of carbonyl (C=O) groups excluding carboxylic acids is 2. The summed E-state index contributed by atoms with van der Waals surface area (Å²) < 4.78 is 0. The molecule has 0 aliphatic carbocycles. The molecule has 0 radical (unpaired) electrons. The van der Waals surface area contributed by atoms with Crippen LogP contribution in [-0.2, 0) is 11.3 Å². The first-order valence-corrected chi connectivity index (χ1v) is 7.18. The first-order chi connectivity index (χ1) is 9.86. The van der Waals surface area contributed by atoms with Gasteiger partial charge in [-0.2, -0.15) is 0 Å². The molecule has 21 heavy (non-hydrogen) atoms. The topological polar surface area (TPSA) is 83.1 Å². The summed E-state index contributed by atoms with van der Waals surface area (Å²) in [5.41, 5.74) is 0.847. The lowest BCUT2D eigenvalue weighted by Gasteiger charge is -2.15. The van der Waals surface area contributed by atoms with Gasteiger partial charge in [-0.15, -0.1) is 0 Å². The maximum absolute atomic E-state index is 11.7. The largest absolute Gasteiger partial charge is 0.354 e. The van der Waals surface area contributed by atoms with Gasteiger partial charge in [-0.05, 0) is 32.4 Å². The summed E-state index contributed by atoms with van der Waals surface area (Å²) in [4.78, 5) is 27.2. The normalized spacial score (nSPS) is 11.9. The number of pyridine rings is 1. The number of nitrogens with zero attached hydrogens (tertiary/aromatic N) is 1. The molecule has 0 saturated heterocycles. The highest BCUT2D eigenvalue weighted by Crippen LogP contribution is 2.04. The second-order valence-electron chi connectivity index (χ2n) is 5.14. The molecule has 6 nitrogen and oxygen atoms in total. The van der Waals surface area contributed by atoms with E-state index in [2.05, 4.69) is 20.9 Å². The third-order valence-corrected chi connectivity index (χ3v) is 2.78. The van der Waals surface area contributed by atoms with Crippen LogP contribution in [0.2, 0.25) is 5.15 Å². The van der Waals surface area contributed by atoms with Gasteiger partial charge in [0.1, 0.15) is 5.15 Å². The molecule has 3 amide bonds. The highest BCUT2D eigenvalue weighted by atomic mass is 35.5. The van der Waals surface area contributed by atoms with E-state index in [1.165, 1.54) is 0 Å². The van der Waals surface area contributed by atoms with E-state index < -0.39 is 0 Å². The second kappa shape index (κ2) is 8.46. The van der Waals surface area contributed by atoms with Crippen molar-refractivity contribution in [3.05, 3.63) is 29.0 Å². The number of urea groups is 1. The standard InChI is InChI=1S/C14H21ClN4O2/c1-9(2)18-13(20)6-10(3)19-14(21)17-8-11-4-5-12(15)16-7-11/h4-5,7,9-10H,6,8H2,1-3H3,(H,18,20)(H2,17,19,21). The third-order valence-electron chi connectivity index (χ3n) is 2.56. The number of nitrogens with one attached hydrogen (secondary N) is 3. The van der Waals surface area contributed by atoms with Gasteiger partial charge in [-0.25, -0.2) is 9.78 Å². The van der Waals surface area contributed by atoms with Gasteiger partial charge in [0, 0.05) is 31.2 Å². The van der Waals surface area contributed by atoms with Crippen molar-refractivity contribution in [2.24, 2.45) is 0 Å². The van der Waals surface area contributed by atoms with Crippen LogP contribution in [0, 0.1) is 0 Å². The van der Waals surface area contributed by atoms with Crippen LogP contribution in [0.15, 0.2) is 18.3 Å². The Morgan fingerprint density at radius 3 is 2.52 bits per heavy atom. The van der Waals surface area contributed by atoms with Crippen LogP contribution in [0.4, 0.5) is 4.79 Å². The van der Waals surface area contributed by atoms with Crippen molar-refractivity contribution in [3.63, 3.8) is 0 Å². The van der Waals surface area contributed by atoms with Gasteiger partial charge < -0.3 is 16.0 Å². The summed E-state index contributed by atoms with van der Waals surface area (Å²) in [5, 5.41) is 8.60. The molecule has 1 atom stereocenters. The summed E-state index contributed by atoms with van der Waals surface area (Å²) >= 11 is 5.68. The highest BCUT2D eigenvalue weighted by molar-refractivity contribution is 6.29. The summed E-state index contributed by atoms with van der Waals surface area (Å²) in [6.45, 7) is 5.91. The fourth-order valence-corrected chi connectivity index (χ4v) is 1.79. The predicted molar refractivity (Wildman–Crippen MR) is 82.0 cm³/mol. The van der Waals surface area contributed by atoms with E-state index in [4.69, 9.17) is 11.6 Å². The molecule has 1 unspecified atom stereocenters. The first-order valence-electron chi connectivity index (χ1n) is 6.81. The number of hydrogen-bond donors (Lipinski definition) is 3. The van der Waals surface area contributed by atoms with E-state index in [9.17, 15) is 9.59 Å². The average Bonchev–Trinajstić information content (AvgIpc) is 2.36. The Kier molecular flexibility index (Phi) is 6.94. The average molecular weight is 313 g/mol. The Balaban J connectivity index is 2.29. The van der Waals surface area contributed by atoms with Gasteiger partial charge in [0.15, 0.2) is 0 Å². The zero-order chi connectivity index (χ0) is 15.8. The number of aromatic nitrogens is 1. The second-order valence-corrected chi connectivity index (χ2v) is 5.53. The quantitative estimate of drug-likeness (QED) is 0.701. The van der Waals surface area contributed by atoms with Crippen LogP contribution in [0.5, 0.6) is 0 Å². The molecule has 0 aromatic carbocycles. The van der Waals surface area contributed by atoms with Gasteiger partial charge >= 0.3 is 6.03 Å². The number of hydrogen-bond acceptors (Lipinski definition) is 3. The molecule has 0 bridgehead atoms. The van der Waals surface area contributed by atoms with E-state index >= 15 is 0 Å². The number of rotatable bonds is 6. The minimum Gasteiger partial charge on any atom is -0.354 e. The first kappa shape index (κ1) is 17.2. The van der Waals surface area contributed by atoms with Crippen LogP contribution in [0.1, 0.15) is 32.8 Å². The fraction of sp³-hybridized carbons (Fsp3) is 0.500. The Bertz CT molecular complexity index is 476. The molecule has 1 aromatic heterocycles. The molecular weight excluding hydrogens is 292 g/mol. The van der Waals surface area contributed by atoms with Crippen molar-refractivity contribution < 1.29 is 9.59 Å². The Labute approximate surface area is 129 Å². The van der Waals surface area contributed by atoms with Crippen LogP contribution < -0.4 is 16.0 Å². The number of amides is 3. The van der Waals surface area contributed by atoms with Crippen molar-refractivity contribution >= 4 is 23.5 Å². The molecule has 0 saturated carbocycles. The molecular formula is C14H21ClN4O2. The molecule has 3 N–H and O–H groups in total. The lowest BCUT2D eigenvalue weighted by molar-refractivity contribution is -0.121. The van der Waals surface area contributed by atoms with Crippen molar-refractivity contribution in [2.45, 2.75) is 45.8 Å².